The van der Waals surface area contributed by atoms with Crippen molar-refractivity contribution in [3.05, 3.63) is 69.9 Å². The molecule has 1 atom stereocenters. The maximum absolute atomic E-state index is 12.9. The number of rotatable bonds is 6. The molecule has 0 radical (unpaired) electrons. The molecule has 2 heterocycles. The third-order valence-corrected chi connectivity index (χ3v) is 6.03. The van der Waals surface area contributed by atoms with Crippen molar-refractivity contribution >= 4 is 23.6 Å². The predicted octanol–water partition coefficient (Wildman–Crippen LogP) is 3.74. The molecule has 2 aromatic carbocycles. The van der Waals surface area contributed by atoms with Gasteiger partial charge >= 0.3 is 6.09 Å². The number of nitrogens with zero attached hydrogens (tertiary/aromatic N) is 5. The number of carbonyl (C=O) groups excluding carboxylic acids is 2. The molecule has 0 aliphatic carbocycles. The van der Waals surface area contributed by atoms with Crippen LogP contribution in [0.3, 0.4) is 0 Å². The van der Waals surface area contributed by atoms with Crippen LogP contribution < -0.4 is 15.8 Å². The Bertz CT molecular complexity index is 1470. The van der Waals surface area contributed by atoms with E-state index in [1.54, 1.807) is 41.3 Å². The largest absolute Gasteiger partial charge is 0.438 e. The lowest BCUT2D eigenvalue weighted by atomic mass is 10.0. The summed E-state index contributed by atoms with van der Waals surface area (Å²) in [7, 11) is 0. The number of nitrogens with two attached hydrogens (primary N) is 1. The highest BCUT2D eigenvalue weighted by Crippen LogP contribution is 2.35. The number of aryl methyl sites for hydroxylation is 2. The molecular weight excluding hydrogens is 486 g/mol. The average molecular weight is 512 g/mol. The molecule has 38 heavy (non-hydrogen) atoms. The summed E-state index contributed by atoms with van der Waals surface area (Å²) in [6, 6.07) is 14.5. The maximum atomic E-state index is 12.9. The fourth-order valence-corrected chi connectivity index (χ4v) is 4.22. The van der Waals surface area contributed by atoms with E-state index in [-0.39, 0.29) is 18.4 Å². The van der Waals surface area contributed by atoms with Gasteiger partial charge in [-0.25, -0.2) is 9.78 Å². The Hall–Kier alpha value is -5.16. The normalized spacial score (nSPS) is 12.9. The van der Waals surface area contributed by atoms with Crippen LogP contribution in [0.5, 0.6) is 11.6 Å². The first kappa shape index (κ1) is 25.9. The summed E-state index contributed by atoms with van der Waals surface area (Å²) in [5, 5.41) is 21.5. The Kier molecular flexibility index (Phi) is 7.40. The molecule has 3 aromatic rings. The number of benzene rings is 2. The van der Waals surface area contributed by atoms with Crippen LogP contribution in [0.4, 0.5) is 16.4 Å². The van der Waals surface area contributed by atoms with Gasteiger partial charge in [0, 0.05) is 18.7 Å². The predicted molar refractivity (Wildman–Crippen MR) is 136 cm³/mol. The Morgan fingerprint density at radius 3 is 2.34 bits per heavy atom. The van der Waals surface area contributed by atoms with Crippen molar-refractivity contribution in [3.63, 3.8) is 0 Å². The first-order valence-corrected chi connectivity index (χ1v) is 11.8. The first-order chi connectivity index (χ1) is 18.2. The number of amides is 2. The van der Waals surface area contributed by atoms with Gasteiger partial charge < -0.3 is 25.4 Å². The van der Waals surface area contributed by atoms with Crippen molar-refractivity contribution in [2.45, 2.75) is 39.8 Å². The van der Waals surface area contributed by atoms with Crippen molar-refractivity contribution < 1.29 is 19.1 Å². The molecule has 1 aliphatic heterocycles. The summed E-state index contributed by atoms with van der Waals surface area (Å²) in [6.45, 7) is 5.63. The molecule has 0 spiro atoms. The van der Waals surface area contributed by atoms with Crippen LogP contribution in [0.1, 0.15) is 40.4 Å². The fourth-order valence-electron chi connectivity index (χ4n) is 4.22. The molecule has 0 fully saturated rings. The van der Waals surface area contributed by atoms with Crippen LogP contribution in [0.15, 0.2) is 36.4 Å². The SMILES string of the molecule is Cc1cc(C#N)cc(C)c1Oc1nc(Nc2ccc(C#N)cc2)nc2c1CN(C(=O)[C@H](C)OC(N)=O)CC2. The van der Waals surface area contributed by atoms with Crippen LogP contribution in [-0.2, 0) is 22.5 Å². The van der Waals surface area contributed by atoms with Gasteiger partial charge in [-0.3, -0.25) is 4.79 Å². The van der Waals surface area contributed by atoms with Gasteiger partial charge in [0.2, 0.25) is 11.8 Å². The Balaban J connectivity index is 1.72. The van der Waals surface area contributed by atoms with Crippen molar-refractivity contribution in [3.8, 4) is 23.8 Å². The topological polar surface area (TPSA) is 167 Å². The average Bonchev–Trinajstić information content (AvgIpc) is 2.89. The van der Waals surface area contributed by atoms with E-state index in [0.29, 0.717) is 46.8 Å². The minimum Gasteiger partial charge on any atom is -0.438 e. The van der Waals surface area contributed by atoms with Gasteiger partial charge in [-0.1, -0.05) is 0 Å². The van der Waals surface area contributed by atoms with E-state index in [1.807, 2.05) is 13.8 Å². The standard InChI is InChI=1S/C27H25N7O4/c1-15-10-19(13-29)11-16(2)23(15)38-24-21-14-34(25(35)17(3)37-26(30)36)9-8-22(21)32-27(33-24)31-20-6-4-18(12-28)5-7-20/h4-7,10-11,17H,8-9,14H2,1-3H3,(H2,30,36)(H,31,32,33)/t17-/m0/s1. The molecule has 11 heteroatoms. The van der Waals surface area contributed by atoms with Crippen molar-refractivity contribution in [1.82, 2.24) is 14.9 Å². The zero-order valence-corrected chi connectivity index (χ0v) is 21.1. The van der Waals surface area contributed by atoms with E-state index in [1.165, 1.54) is 6.92 Å². The highest BCUT2D eigenvalue weighted by Gasteiger charge is 2.30. The number of hydrogen-bond donors (Lipinski definition) is 2. The van der Waals surface area contributed by atoms with Crippen LogP contribution in [0.25, 0.3) is 0 Å². The van der Waals surface area contributed by atoms with Gasteiger partial charge in [-0.05, 0) is 68.3 Å². The number of carbonyl (C=O) groups is 2. The van der Waals surface area contributed by atoms with Crippen molar-refractivity contribution in [2.24, 2.45) is 5.73 Å². The van der Waals surface area contributed by atoms with E-state index in [0.717, 1.165) is 11.1 Å². The van der Waals surface area contributed by atoms with E-state index in [4.69, 9.17) is 20.5 Å². The van der Waals surface area contributed by atoms with Crippen LogP contribution >= 0.6 is 0 Å². The molecule has 11 nitrogen and oxygen atoms in total. The molecule has 0 saturated heterocycles. The molecule has 2 amide bonds. The van der Waals surface area contributed by atoms with Crippen LogP contribution in [0, 0.1) is 36.5 Å². The summed E-state index contributed by atoms with van der Waals surface area (Å²) in [5.41, 5.74) is 9.62. The summed E-state index contributed by atoms with van der Waals surface area (Å²) >= 11 is 0. The zero-order chi connectivity index (χ0) is 27.4. The monoisotopic (exact) mass is 511 g/mol. The molecule has 0 unspecified atom stereocenters. The maximum Gasteiger partial charge on any atom is 0.405 e. The third-order valence-electron chi connectivity index (χ3n) is 6.03. The molecular formula is C27H25N7O4. The highest BCUT2D eigenvalue weighted by molar-refractivity contribution is 5.83. The summed E-state index contributed by atoms with van der Waals surface area (Å²) in [4.78, 5) is 34.8. The fraction of sp³-hybridized carbons (Fsp3) is 0.259. The number of hydrogen-bond acceptors (Lipinski definition) is 9. The number of nitrogens with one attached hydrogen (secondary N) is 1. The van der Waals surface area contributed by atoms with Gasteiger partial charge in [0.1, 0.15) is 5.75 Å². The van der Waals surface area contributed by atoms with Crippen LogP contribution in [-0.4, -0.2) is 39.5 Å². The molecule has 1 aromatic heterocycles. The minimum atomic E-state index is -1.04. The van der Waals surface area contributed by atoms with Crippen molar-refractivity contribution in [1.29, 1.82) is 10.5 Å². The minimum absolute atomic E-state index is 0.140. The van der Waals surface area contributed by atoms with Crippen molar-refractivity contribution in [2.75, 3.05) is 11.9 Å². The van der Waals surface area contributed by atoms with Crippen LogP contribution in [0.2, 0.25) is 0 Å². The smallest absolute Gasteiger partial charge is 0.405 e. The molecule has 192 valence electrons. The highest BCUT2D eigenvalue weighted by atomic mass is 16.6. The third kappa shape index (κ3) is 5.63. The van der Waals surface area contributed by atoms with Gasteiger partial charge in [0.05, 0.1) is 41.1 Å². The zero-order valence-electron chi connectivity index (χ0n) is 21.1. The molecule has 0 saturated carbocycles. The first-order valence-electron chi connectivity index (χ1n) is 11.8. The lowest BCUT2D eigenvalue weighted by Crippen LogP contribution is -2.43. The Morgan fingerprint density at radius 1 is 1.08 bits per heavy atom. The van der Waals surface area contributed by atoms with Gasteiger partial charge in [-0.2, -0.15) is 15.5 Å². The lowest BCUT2D eigenvalue weighted by molar-refractivity contribution is -0.140. The Morgan fingerprint density at radius 2 is 1.74 bits per heavy atom. The lowest BCUT2D eigenvalue weighted by Gasteiger charge is -2.31. The number of primary amides is 1. The molecule has 3 N–H and O–H groups in total. The van der Waals surface area contributed by atoms with Gasteiger partial charge in [-0.15, -0.1) is 0 Å². The van der Waals surface area contributed by atoms with E-state index in [2.05, 4.69) is 27.4 Å². The number of aromatic nitrogens is 2. The second kappa shape index (κ2) is 10.8. The molecule has 1 aliphatic rings. The van der Waals surface area contributed by atoms with Gasteiger partial charge in [0.25, 0.3) is 5.91 Å². The second-order valence-electron chi connectivity index (χ2n) is 8.83. The Labute approximate surface area is 219 Å². The quantitative estimate of drug-likeness (QED) is 0.501. The number of anilines is 2. The number of fused-ring (bicyclic) bond motifs is 1. The second-order valence-corrected chi connectivity index (χ2v) is 8.83. The summed E-state index contributed by atoms with van der Waals surface area (Å²) in [5.74, 6) is 0.690. The summed E-state index contributed by atoms with van der Waals surface area (Å²) in [6.07, 6.45) is -1.66. The van der Waals surface area contributed by atoms with E-state index in [9.17, 15) is 14.9 Å². The molecule has 0 bridgehead atoms. The van der Waals surface area contributed by atoms with E-state index < -0.39 is 18.1 Å². The number of nitriles is 2. The number of ether oxygens (including phenoxy) is 2. The van der Waals surface area contributed by atoms with Gasteiger partial charge in [0.15, 0.2) is 6.10 Å². The van der Waals surface area contributed by atoms with E-state index >= 15 is 0 Å². The summed E-state index contributed by atoms with van der Waals surface area (Å²) < 4.78 is 11.2. The molecule has 4 rings (SSSR count).